The topological polar surface area (TPSA) is 69.4 Å². The van der Waals surface area contributed by atoms with Crippen molar-refractivity contribution in [3.05, 3.63) is 89.3 Å². The van der Waals surface area contributed by atoms with Crippen molar-refractivity contribution in [3.63, 3.8) is 0 Å². The molecule has 5 nitrogen and oxygen atoms in total. The third-order valence-electron chi connectivity index (χ3n) is 5.76. The molecule has 0 radical (unpaired) electrons. The Morgan fingerprint density at radius 2 is 2.03 bits per heavy atom. The minimum Gasteiger partial charge on any atom is -0.383 e. The molecule has 0 fully saturated rings. The monoisotopic (exact) mass is 465 g/mol. The second-order valence-corrected chi connectivity index (χ2v) is 9.26. The van der Waals surface area contributed by atoms with Crippen molar-refractivity contribution >= 4 is 38.8 Å². The number of para-hydroxylation sites is 1. The Labute approximate surface area is 203 Å². The molecule has 2 aromatic carbocycles. The normalized spacial score (nSPS) is 12.7. The number of aromatic amines is 2. The Balaban J connectivity index is 1.59. The number of allylic oxidation sites excluding steroid dienone is 4. The van der Waals surface area contributed by atoms with Gasteiger partial charge in [-0.1, -0.05) is 30.9 Å². The van der Waals surface area contributed by atoms with E-state index in [4.69, 9.17) is 4.98 Å². The van der Waals surface area contributed by atoms with Gasteiger partial charge in [-0.25, -0.2) is 4.98 Å². The maximum Gasteiger partial charge on any atom is 0.159 e. The van der Waals surface area contributed by atoms with Crippen molar-refractivity contribution in [1.29, 1.82) is 0 Å². The lowest BCUT2D eigenvalue weighted by Gasteiger charge is -2.12. The van der Waals surface area contributed by atoms with E-state index in [1.807, 2.05) is 13.0 Å². The smallest absolute Gasteiger partial charge is 0.159 e. The fourth-order valence-corrected chi connectivity index (χ4v) is 4.82. The zero-order valence-electron chi connectivity index (χ0n) is 19.5. The predicted molar refractivity (Wildman–Crippen MR) is 145 cm³/mol. The molecular weight excluding hydrogens is 438 g/mol. The molecule has 0 spiro atoms. The highest BCUT2D eigenvalue weighted by molar-refractivity contribution is 7.08. The fraction of sp³-hybridized carbons (Fsp3) is 0.143. The number of aromatic nitrogens is 4. The van der Waals surface area contributed by atoms with Crippen LogP contribution in [0.5, 0.6) is 0 Å². The summed E-state index contributed by atoms with van der Waals surface area (Å²) < 4.78 is 0. The molecule has 170 valence electrons. The lowest BCUT2D eigenvalue weighted by Crippen LogP contribution is -2.20. The molecule has 0 atom stereocenters. The first kappa shape index (κ1) is 21.9. The third-order valence-corrected chi connectivity index (χ3v) is 6.45. The van der Waals surface area contributed by atoms with Crippen LogP contribution in [0.25, 0.3) is 50.2 Å². The molecule has 0 aliphatic rings. The molecule has 5 aromatic rings. The maximum absolute atomic E-state index is 4.97. The summed E-state index contributed by atoms with van der Waals surface area (Å²) in [6, 6.07) is 15.0. The first-order chi connectivity index (χ1) is 16.6. The highest BCUT2D eigenvalue weighted by Crippen LogP contribution is 2.33. The Kier molecular flexibility index (Phi) is 5.90. The fourth-order valence-electron chi connectivity index (χ4n) is 4.16. The third kappa shape index (κ3) is 4.08. The summed E-state index contributed by atoms with van der Waals surface area (Å²) in [5.41, 5.74) is 9.26. The Hall–Kier alpha value is -3.90. The highest BCUT2D eigenvalue weighted by Gasteiger charge is 2.16. The molecule has 0 saturated heterocycles. The van der Waals surface area contributed by atoms with Crippen LogP contribution in [0.4, 0.5) is 0 Å². The molecular formula is C28H27N5S. The van der Waals surface area contributed by atoms with Crippen LogP contribution in [0, 0.1) is 0 Å². The summed E-state index contributed by atoms with van der Waals surface area (Å²) in [6.07, 6.45) is 6.09. The van der Waals surface area contributed by atoms with Crippen LogP contribution < -0.4 is 5.32 Å². The molecule has 34 heavy (non-hydrogen) atoms. The standard InChI is InChI=1S/C28H27N5S/c1-5-18(14-21(6-2)29-17(3)4)19-10-11-24-23(15-19)27(33-32-24)28-30-25-9-7-8-22(26(25)31-28)20-12-13-34-16-20/h5-17,29H,2H2,1,3-4H3,(H,30,31)(H,32,33)/b18-5+,21-14+. The van der Waals surface area contributed by atoms with Gasteiger partial charge in [0.15, 0.2) is 5.82 Å². The van der Waals surface area contributed by atoms with Crippen LogP contribution in [-0.4, -0.2) is 26.2 Å². The Morgan fingerprint density at radius 3 is 2.76 bits per heavy atom. The minimum absolute atomic E-state index is 0.331. The molecule has 5 rings (SSSR count). The predicted octanol–water partition coefficient (Wildman–Crippen LogP) is 7.31. The Morgan fingerprint density at radius 1 is 1.15 bits per heavy atom. The van der Waals surface area contributed by atoms with Crippen LogP contribution >= 0.6 is 11.3 Å². The van der Waals surface area contributed by atoms with Crippen molar-refractivity contribution in [2.45, 2.75) is 26.8 Å². The number of rotatable bonds is 7. The van der Waals surface area contributed by atoms with Gasteiger partial charge < -0.3 is 10.3 Å². The van der Waals surface area contributed by atoms with Gasteiger partial charge in [-0.3, -0.25) is 5.10 Å². The van der Waals surface area contributed by atoms with E-state index in [9.17, 15) is 0 Å². The quantitative estimate of drug-likeness (QED) is 0.221. The van der Waals surface area contributed by atoms with E-state index in [0.717, 1.165) is 55.9 Å². The molecule has 0 amide bonds. The van der Waals surface area contributed by atoms with Gasteiger partial charge in [0.05, 0.1) is 16.6 Å². The number of nitrogens with one attached hydrogen (secondary N) is 3. The molecule has 3 heterocycles. The van der Waals surface area contributed by atoms with Gasteiger partial charge in [0.1, 0.15) is 5.69 Å². The van der Waals surface area contributed by atoms with Crippen molar-refractivity contribution in [2.75, 3.05) is 0 Å². The summed E-state index contributed by atoms with van der Waals surface area (Å²) in [5.74, 6) is 0.756. The number of hydrogen-bond donors (Lipinski definition) is 3. The second kappa shape index (κ2) is 9.15. The van der Waals surface area contributed by atoms with Gasteiger partial charge in [-0.15, -0.1) is 0 Å². The number of hydrogen-bond acceptors (Lipinski definition) is 4. The average molecular weight is 466 g/mol. The summed E-state index contributed by atoms with van der Waals surface area (Å²) >= 11 is 1.69. The highest BCUT2D eigenvalue weighted by atomic mass is 32.1. The molecule has 0 saturated carbocycles. The van der Waals surface area contributed by atoms with Gasteiger partial charge in [0, 0.05) is 22.7 Å². The van der Waals surface area contributed by atoms with Crippen molar-refractivity contribution in [2.24, 2.45) is 0 Å². The number of fused-ring (bicyclic) bond motifs is 2. The van der Waals surface area contributed by atoms with Crippen molar-refractivity contribution in [3.8, 4) is 22.6 Å². The van der Waals surface area contributed by atoms with E-state index in [1.54, 1.807) is 11.3 Å². The van der Waals surface area contributed by atoms with E-state index >= 15 is 0 Å². The lowest BCUT2D eigenvalue weighted by molar-refractivity contribution is 0.682. The van der Waals surface area contributed by atoms with Crippen LogP contribution in [0.3, 0.4) is 0 Å². The number of nitrogens with zero attached hydrogens (tertiary/aromatic N) is 2. The zero-order valence-corrected chi connectivity index (χ0v) is 20.3. The van der Waals surface area contributed by atoms with Crippen LogP contribution in [-0.2, 0) is 0 Å². The van der Waals surface area contributed by atoms with Gasteiger partial charge in [0.2, 0.25) is 0 Å². The van der Waals surface area contributed by atoms with Crippen molar-refractivity contribution < 1.29 is 0 Å². The molecule has 0 aliphatic heterocycles. The minimum atomic E-state index is 0.331. The molecule has 6 heteroatoms. The first-order valence-electron chi connectivity index (χ1n) is 11.3. The summed E-state index contributed by atoms with van der Waals surface area (Å²) in [6.45, 7) is 10.2. The second-order valence-electron chi connectivity index (χ2n) is 8.48. The molecule has 3 aromatic heterocycles. The molecule has 0 bridgehead atoms. The number of H-pyrrole nitrogens is 2. The van der Waals surface area contributed by atoms with Crippen molar-refractivity contribution in [1.82, 2.24) is 25.5 Å². The average Bonchev–Trinajstić information content (AvgIpc) is 3.59. The van der Waals surface area contributed by atoms with Gasteiger partial charge in [0.25, 0.3) is 0 Å². The maximum atomic E-state index is 4.97. The van der Waals surface area contributed by atoms with Gasteiger partial charge >= 0.3 is 0 Å². The van der Waals surface area contributed by atoms with E-state index in [0.29, 0.717) is 6.04 Å². The summed E-state index contributed by atoms with van der Waals surface area (Å²) in [7, 11) is 0. The van der Waals surface area contributed by atoms with Crippen LogP contribution in [0.2, 0.25) is 0 Å². The zero-order chi connectivity index (χ0) is 23.7. The van der Waals surface area contributed by atoms with E-state index in [-0.39, 0.29) is 0 Å². The van der Waals surface area contributed by atoms with Gasteiger partial charge in [-0.2, -0.15) is 16.4 Å². The van der Waals surface area contributed by atoms with Crippen LogP contribution in [0.15, 0.2) is 83.7 Å². The summed E-state index contributed by atoms with van der Waals surface area (Å²) in [5, 5.41) is 16.5. The Bertz CT molecular complexity index is 1530. The number of imidazole rings is 1. The molecule has 3 N–H and O–H groups in total. The largest absolute Gasteiger partial charge is 0.383 e. The first-order valence-corrected chi connectivity index (χ1v) is 12.3. The SMILES string of the molecule is C=C/C(=C\C(=C/C)c1ccc2[nH]nc(-c3nc4c(-c5ccsc5)cccc4[nH]3)c2c1)NC(C)C. The van der Waals surface area contributed by atoms with E-state index in [2.05, 4.69) is 106 Å². The van der Waals surface area contributed by atoms with E-state index in [1.165, 1.54) is 5.56 Å². The van der Waals surface area contributed by atoms with E-state index < -0.39 is 0 Å². The number of thiophene rings is 1. The molecule has 0 aliphatic carbocycles. The van der Waals surface area contributed by atoms with Gasteiger partial charge in [-0.05, 0) is 84.6 Å². The number of benzene rings is 2. The lowest BCUT2D eigenvalue weighted by atomic mass is 10.0. The molecule has 0 unspecified atom stereocenters. The summed E-state index contributed by atoms with van der Waals surface area (Å²) in [4.78, 5) is 8.45. The van der Waals surface area contributed by atoms with Crippen LogP contribution in [0.1, 0.15) is 26.3 Å².